The third-order valence-electron chi connectivity index (χ3n) is 6.35. The van der Waals surface area contributed by atoms with Crippen LogP contribution in [-0.4, -0.2) is 46.6 Å². The van der Waals surface area contributed by atoms with Crippen molar-refractivity contribution in [3.8, 4) is 0 Å². The van der Waals surface area contributed by atoms with Gasteiger partial charge < -0.3 is 14.8 Å². The molecule has 2 fully saturated rings. The standard InChI is InChI=1S/C23H25N3O4/c27-17-8-11-26(13-17)14-19(15-4-2-1-3-5-15)24-21(28)23(9-10-23)16-6-7-20-18(12-16)25-22(29)30-20/h1-7,12,17,19,27H,8-11,13-14H2,(H,24,28)(H,25,29)/t17-,19?/m0/s1. The molecule has 1 aliphatic heterocycles. The number of aliphatic hydroxyl groups is 1. The molecule has 0 bridgehead atoms. The molecule has 7 heteroatoms. The van der Waals surface area contributed by atoms with Gasteiger partial charge in [0.25, 0.3) is 0 Å². The number of nitrogens with one attached hydrogen (secondary N) is 2. The normalized spacial score (nSPS) is 21.6. The predicted molar refractivity (Wildman–Crippen MR) is 112 cm³/mol. The van der Waals surface area contributed by atoms with E-state index in [9.17, 15) is 14.7 Å². The molecule has 3 aromatic rings. The quantitative estimate of drug-likeness (QED) is 0.581. The molecule has 30 heavy (non-hydrogen) atoms. The summed E-state index contributed by atoms with van der Waals surface area (Å²) in [6.45, 7) is 2.13. The van der Waals surface area contributed by atoms with Crippen molar-refractivity contribution in [2.75, 3.05) is 19.6 Å². The van der Waals surface area contributed by atoms with E-state index >= 15 is 0 Å². The van der Waals surface area contributed by atoms with Gasteiger partial charge in [-0.1, -0.05) is 36.4 Å². The summed E-state index contributed by atoms with van der Waals surface area (Å²) in [5.74, 6) is -0.491. The van der Waals surface area contributed by atoms with Gasteiger partial charge in [0.05, 0.1) is 23.1 Å². The maximum Gasteiger partial charge on any atom is 0.417 e. The van der Waals surface area contributed by atoms with Crippen LogP contribution in [0.25, 0.3) is 11.1 Å². The van der Waals surface area contributed by atoms with Gasteiger partial charge in [0, 0.05) is 19.6 Å². The van der Waals surface area contributed by atoms with Crippen LogP contribution in [0.4, 0.5) is 0 Å². The SMILES string of the molecule is O=C(NC(CN1CC[C@H](O)C1)c1ccccc1)C1(c2ccc3oc(=O)[nH]c3c2)CC1. The molecular formula is C23H25N3O4. The molecule has 1 saturated carbocycles. The second kappa shape index (κ2) is 7.41. The number of benzene rings is 2. The van der Waals surface area contributed by atoms with Crippen LogP contribution in [0, 0.1) is 0 Å². The number of oxazole rings is 1. The number of amides is 1. The zero-order valence-electron chi connectivity index (χ0n) is 16.6. The molecule has 1 aromatic heterocycles. The summed E-state index contributed by atoms with van der Waals surface area (Å²) in [5.41, 5.74) is 2.49. The molecule has 0 spiro atoms. The molecular weight excluding hydrogens is 382 g/mol. The fourth-order valence-electron chi connectivity index (χ4n) is 4.47. The molecule has 2 heterocycles. The zero-order chi connectivity index (χ0) is 20.7. The minimum Gasteiger partial charge on any atom is -0.408 e. The minimum atomic E-state index is -0.570. The third kappa shape index (κ3) is 3.55. The largest absolute Gasteiger partial charge is 0.417 e. The van der Waals surface area contributed by atoms with Crippen LogP contribution in [0.15, 0.2) is 57.7 Å². The average Bonchev–Trinajstić information content (AvgIpc) is 3.33. The Morgan fingerprint density at radius 2 is 2.07 bits per heavy atom. The molecule has 1 amide bonds. The van der Waals surface area contributed by atoms with Gasteiger partial charge in [-0.15, -0.1) is 0 Å². The van der Waals surface area contributed by atoms with Crippen molar-refractivity contribution in [2.24, 2.45) is 0 Å². The van der Waals surface area contributed by atoms with E-state index in [2.05, 4.69) is 15.2 Å². The van der Waals surface area contributed by atoms with E-state index < -0.39 is 11.2 Å². The fraction of sp³-hybridized carbons (Fsp3) is 0.391. The number of aromatic nitrogens is 1. The first kappa shape index (κ1) is 19.1. The van der Waals surface area contributed by atoms with Gasteiger partial charge >= 0.3 is 5.76 Å². The van der Waals surface area contributed by atoms with Crippen molar-refractivity contribution in [3.63, 3.8) is 0 Å². The Hall–Kier alpha value is -2.90. The first-order chi connectivity index (χ1) is 14.5. The van der Waals surface area contributed by atoms with Gasteiger partial charge in [-0.05, 0) is 42.5 Å². The van der Waals surface area contributed by atoms with Crippen LogP contribution in [0.2, 0.25) is 0 Å². The van der Waals surface area contributed by atoms with Gasteiger partial charge in [0.15, 0.2) is 5.58 Å². The second-order valence-electron chi connectivity index (χ2n) is 8.45. The first-order valence-corrected chi connectivity index (χ1v) is 10.4. The van der Waals surface area contributed by atoms with Crippen molar-refractivity contribution < 1.29 is 14.3 Å². The van der Waals surface area contributed by atoms with Gasteiger partial charge in [0.2, 0.25) is 5.91 Å². The Morgan fingerprint density at radius 1 is 1.27 bits per heavy atom. The Labute approximate surface area is 173 Å². The van der Waals surface area contributed by atoms with E-state index in [0.29, 0.717) is 24.2 Å². The summed E-state index contributed by atoms with van der Waals surface area (Å²) < 4.78 is 5.08. The lowest BCUT2D eigenvalue weighted by Gasteiger charge is -2.27. The number of likely N-dealkylation sites (tertiary alicyclic amines) is 1. The summed E-state index contributed by atoms with van der Waals surface area (Å²) in [5, 5.41) is 13.2. The molecule has 2 aromatic carbocycles. The highest BCUT2D eigenvalue weighted by atomic mass is 16.4. The molecule has 0 radical (unpaired) electrons. The molecule has 1 unspecified atom stereocenters. The maximum absolute atomic E-state index is 13.4. The molecule has 5 rings (SSSR count). The number of carbonyl (C=O) groups is 1. The van der Waals surface area contributed by atoms with Crippen LogP contribution in [0.3, 0.4) is 0 Å². The van der Waals surface area contributed by atoms with Crippen LogP contribution in [-0.2, 0) is 10.2 Å². The number of carbonyl (C=O) groups excluding carboxylic acids is 1. The maximum atomic E-state index is 13.4. The average molecular weight is 407 g/mol. The van der Waals surface area contributed by atoms with E-state index in [1.165, 1.54) is 0 Å². The Balaban J connectivity index is 1.39. The lowest BCUT2D eigenvalue weighted by Crippen LogP contribution is -2.42. The third-order valence-corrected chi connectivity index (χ3v) is 6.35. The minimum absolute atomic E-state index is 0.00119. The van der Waals surface area contributed by atoms with Gasteiger partial charge in [-0.25, -0.2) is 4.79 Å². The molecule has 1 saturated heterocycles. The van der Waals surface area contributed by atoms with Crippen molar-refractivity contribution >= 4 is 17.0 Å². The molecule has 7 nitrogen and oxygen atoms in total. The number of nitrogens with zero attached hydrogens (tertiary/aromatic N) is 1. The van der Waals surface area contributed by atoms with E-state index in [1.54, 1.807) is 6.07 Å². The lowest BCUT2D eigenvalue weighted by atomic mass is 9.93. The smallest absolute Gasteiger partial charge is 0.408 e. The molecule has 156 valence electrons. The number of rotatable bonds is 6. The van der Waals surface area contributed by atoms with Crippen LogP contribution in [0.1, 0.15) is 36.4 Å². The number of hydrogen-bond acceptors (Lipinski definition) is 5. The lowest BCUT2D eigenvalue weighted by molar-refractivity contribution is -0.124. The second-order valence-corrected chi connectivity index (χ2v) is 8.45. The summed E-state index contributed by atoms with van der Waals surface area (Å²) in [7, 11) is 0. The number of fused-ring (bicyclic) bond motifs is 1. The van der Waals surface area contributed by atoms with Crippen molar-refractivity contribution in [2.45, 2.75) is 36.8 Å². The summed E-state index contributed by atoms with van der Waals surface area (Å²) in [6.07, 6.45) is 2.02. The van der Waals surface area contributed by atoms with Crippen molar-refractivity contribution in [1.82, 2.24) is 15.2 Å². The van der Waals surface area contributed by atoms with E-state index in [4.69, 9.17) is 4.42 Å². The summed E-state index contributed by atoms with van der Waals surface area (Å²) >= 11 is 0. The Kier molecular flexibility index (Phi) is 4.72. The first-order valence-electron chi connectivity index (χ1n) is 10.4. The monoisotopic (exact) mass is 407 g/mol. The van der Waals surface area contributed by atoms with Crippen molar-refractivity contribution in [1.29, 1.82) is 0 Å². The van der Waals surface area contributed by atoms with E-state index in [-0.39, 0.29) is 18.1 Å². The molecule has 2 atom stereocenters. The Morgan fingerprint density at radius 3 is 2.77 bits per heavy atom. The molecule has 1 aliphatic carbocycles. The highest BCUT2D eigenvalue weighted by molar-refractivity contribution is 5.92. The topological polar surface area (TPSA) is 98.6 Å². The van der Waals surface area contributed by atoms with Gasteiger partial charge in [0.1, 0.15) is 0 Å². The van der Waals surface area contributed by atoms with E-state index in [0.717, 1.165) is 36.9 Å². The zero-order valence-corrected chi connectivity index (χ0v) is 16.6. The number of H-pyrrole nitrogens is 1. The van der Waals surface area contributed by atoms with E-state index in [1.807, 2.05) is 42.5 Å². The number of hydrogen-bond donors (Lipinski definition) is 3. The number of aliphatic hydroxyl groups excluding tert-OH is 1. The highest BCUT2D eigenvalue weighted by Gasteiger charge is 2.52. The fourth-order valence-corrected chi connectivity index (χ4v) is 4.47. The highest BCUT2D eigenvalue weighted by Crippen LogP contribution is 2.49. The Bertz CT molecular complexity index is 1120. The molecule has 3 N–H and O–H groups in total. The number of β-amino-alcohol motifs (C(OH)–C–C–N with tert-alkyl or cyclic N) is 1. The predicted octanol–water partition coefficient (Wildman–Crippen LogP) is 2.08. The van der Waals surface area contributed by atoms with Crippen LogP contribution >= 0.6 is 0 Å². The van der Waals surface area contributed by atoms with Crippen LogP contribution in [0.5, 0.6) is 0 Å². The summed E-state index contributed by atoms with van der Waals surface area (Å²) in [6, 6.07) is 15.3. The molecule has 2 aliphatic rings. The van der Waals surface area contributed by atoms with Crippen LogP contribution < -0.4 is 11.1 Å². The summed E-state index contributed by atoms with van der Waals surface area (Å²) in [4.78, 5) is 29.8. The van der Waals surface area contributed by atoms with Gasteiger partial charge in [-0.2, -0.15) is 0 Å². The van der Waals surface area contributed by atoms with Gasteiger partial charge in [-0.3, -0.25) is 14.7 Å². The number of aromatic amines is 1. The van der Waals surface area contributed by atoms with Crippen molar-refractivity contribution in [3.05, 3.63) is 70.2 Å².